The van der Waals surface area contributed by atoms with Crippen molar-refractivity contribution in [2.75, 3.05) is 32.5 Å². The standard InChI is InChI=1S/C13H19N3O2/c1-4-14-11-8-6-5-7-10(11)13(18)15-9-12(17)16(2)3/h5-8,14H,4,9H2,1-3H3,(H,15,18). The summed E-state index contributed by atoms with van der Waals surface area (Å²) in [5.74, 6) is -0.383. The summed E-state index contributed by atoms with van der Waals surface area (Å²) >= 11 is 0. The van der Waals surface area contributed by atoms with E-state index in [2.05, 4.69) is 10.6 Å². The van der Waals surface area contributed by atoms with E-state index in [0.717, 1.165) is 12.2 Å². The quantitative estimate of drug-likeness (QED) is 0.816. The minimum Gasteiger partial charge on any atom is -0.385 e. The molecule has 0 radical (unpaired) electrons. The minimum absolute atomic E-state index is 0.00624. The summed E-state index contributed by atoms with van der Waals surface area (Å²) in [5.41, 5.74) is 1.32. The van der Waals surface area contributed by atoms with Crippen LogP contribution in [0.15, 0.2) is 24.3 Å². The van der Waals surface area contributed by atoms with E-state index in [9.17, 15) is 9.59 Å². The minimum atomic E-state index is -0.248. The van der Waals surface area contributed by atoms with Gasteiger partial charge in [0, 0.05) is 26.3 Å². The molecule has 0 aromatic heterocycles. The second-order valence-corrected chi connectivity index (χ2v) is 4.05. The summed E-state index contributed by atoms with van der Waals surface area (Å²) in [4.78, 5) is 24.8. The summed E-state index contributed by atoms with van der Waals surface area (Å²) in [7, 11) is 3.31. The molecule has 0 aliphatic carbocycles. The van der Waals surface area contributed by atoms with Crippen LogP contribution in [0.3, 0.4) is 0 Å². The summed E-state index contributed by atoms with van der Waals surface area (Å²) in [5, 5.41) is 5.72. The molecule has 1 aromatic rings. The lowest BCUT2D eigenvalue weighted by atomic mass is 10.1. The second kappa shape index (κ2) is 6.64. The Kier molecular flexibility index (Phi) is 5.17. The van der Waals surface area contributed by atoms with Crippen molar-refractivity contribution in [1.82, 2.24) is 10.2 Å². The van der Waals surface area contributed by atoms with Crippen LogP contribution in [0.25, 0.3) is 0 Å². The van der Waals surface area contributed by atoms with E-state index >= 15 is 0 Å². The van der Waals surface area contributed by atoms with Crippen molar-refractivity contribution in [2.45, 2.75) is 6.92 Å². The van der Waals surface area contributed by atoms with Crippen molar-refractivity contribution in [3.05, 3.63) is 29.8 Å². The fraction of sp³-hybridized carbons (Fsp3) is 0.385. The van der Waals surface area contributed by atoms with Crippen LogP contribution in [-0.2, 0) is 4.79 Å². The monoisotopic (exact) mass is 249 g/mol. The van der Waals surface area contributed by atoms with Crippen LogP contribution in [0.2, 0.25) is 0 Å². The van der Waals surface area contributed by atoms with Gasteiger partial charge >= 0.3 is 0 Å². The number of hydrogen-bond donors (Lipinski definition) is 2. The highest BCUT2D eigenvalue weighted by Gasteiger charge is 2.12. The zero-order valence-electron chi connectivity index (χ0n) is 11.0. The molecule has 5 nitrogen and oxygen atoms in total. The maximum Gasteiger partial charge on any atom is 0.253 e. The topological polar surface area (TPSA) is 61.4 Å². The van der Waals surface area contributed by atoms with E-state index in [1.807, 2.05) is 19.1 Å². The molecule has 18 heavy (non-hydrogen) atoms. The van der Waals surface area contributed by atoms with Crippen molar-refractivity contribution < 1.29 is 9.59 Å². The molecule has 1 aromatic carbocycles. The van der Waals surface area contributed by atoms with Crippen LogP contribution in [0.4, 0.5) is 5.69 Å². The van der Waals surface area contributed by atoms with Gasteiger partial charge in [0.05, 0.1) is 12.1 Å². The number of benzene rings is 1. The molecule has 0 aliphatic heterocycles. The van der Waals surface area contributed by atoms with Gasteiger partial charge in [0.2, 0.25) is 5.91 Å². The summed E-state index contributed by atoms with van der Waals surface area (Å²) in [6, 6.07) is 7.23. The SMILES string of the molecule is CCNc1ccccc1C(=O)NCC(=O)N(C)C. The van der Waals surface area contributed by atoms with Crippen molar-refractivity contribution in [1.29, 1.82) is 0 Å². The Morgan fingerprint density at radius 2 is 1.89 bits per heavy atom. The number of carbonyl (C=O) groups is 2. The van der Waals surface area contributed by atoms with Crippen LogP contribution in [0.1, 0.15) is 17.3 Å². The normalized spacial score (nSPS) is 9.72. The van der Waals surface area contributed by atoms with Gasteiger partial charge in [0.25, 0.3) is 5.91 Å². The average molecular weight is 249 g/mol. The molecule has 0 fully saturated rings. The number of anilines is 1. The lowest BCUT2D eigenvalue weighted by molar-refractivity contribution is -0.127. The van der Waals surface area contributed by atoms with Crippen LogP contribution in [-0.4, -0.2) is 43.9 Å². The largest absolute Gasteiger partial charge is 0.385 e. The van der Waals surface area contributed by atoms with Gasteiger partial charge in [-0.2, -0.15) is 0 Å². The third-order valence-corrected chi connectivity index (χ3v) is 2.44. The zero-order valence-corrected chi connectivity index (χ0v) is 11.0. The summed E-state index contributed by atoms with van der Waals surface area (Å²) in [6.45, 7) is 2.71. The van der Waals surface area contributed by atoms with Gasteiger partial charge in [0.1, 0.15) is 0 Å². The molecule has 98 valence electrons. The Balaban J connectivity index is 2.69. The highest BCUT2D eigenvalue weighted by Crippen LogP contribution is 2.14. The molecular weight excluding hydrogens is 230 g/mol. The predicted molar refractivity (Wildman–Crippen MR) is 71.6 cm³/mol. The third-order valence-electron chi connectivity index (χ3n) is 2.44. The first-order valence-electron chi connectivity index (χ1n) is 5.87. The Hall–Kier alpha value is -2.04. The number of nitrogens with zero attached hydrogens (tertiary/aromatic N) is 1. The van der Waals surface area contributed by atoms with Gasteiger partial charge < -0.3 is 15.5 Å². The van der Waals surface area contributed by atoms with E-state index in [0.29, 0.717) is 5.56 Å². The van der Waals surface area contributed by atoms with Crippen LogP contribution in [0.5, 0.6) is 0 Å². The Morgan fingerprint density at radius 1 is 1.22 bits per heavy atom. The molecule has 0 bridgehead atoms. The fourth-order valence-corrected chi connectivity index (χ4v) is 1.43. The molecule has 0 spiro atoms. The summed E-state index contributed by atoms with van der Waals surface area (Å²) in [6.07, 6.45) is 0. The Bertz CT molecular complexity index is 430. The highest BCUT2D eigenvalue weighted by atomic mass is 16.2. The van der Waals surface area contributed by atoms with E-state index < -0.39 is 0 Å². The molecule has 0 atom stereocenters. The maximum absolute atomic E-state index is 11.9. The number of hydrogen-bond acceptors (Lipinski definition) is 3. The lowest BCUT2D eigenvalue weighted by Gasteiger charge is -2.13. The zero-order chi connectivity index (χ0) is 13.5. The number of carbonyl (C=O) groups excluding carboxylic acids is 2. The van der Waals surface area contributed by atoms with Crippen LogP contribution >= 0.6 is 0 Å². The predicted octanol–water partition coefficient (Wildman–Crippen LogP) is 0.936. The third kappa shape index (κ3) is 3.76. The van der Waals surface area contributed by atoms with Crippen molar-refractivity contribution in [2.24, 2.45) is 0 Å². The molecule has 2 amide bonds. The molecule has 0 aliphatic rings. The number of amides is 2. The summed E-state index contributed by atoms with van der Waals surface area (Å²) < 4.78 is 0. The first-order chi connectivity index (χ1) is 8.56. The Morgan fingerprint density at radius 3 is 2.50 bits per heavy atom. The van der Waals surface area contributed by atoms with Crippen molar-refractivity contribution in [3.63, 3.8) is 0 Å². The molecule has 1 rings (SSSR count). The first kappa shape index (κ1) is 14.0. The van der Waals surface area contributed by atoms with Gasteiger partial charge in [-0.1, -0.05) is 12.1 Å². The van der Waals surface area contributed by atoms with Crippen LogP contribution in [0, 0.1) is 0 Å². The molecule has 0 saturated heterocycles. The van der Waals surface area contributed by atoms with Gasteiger partial charge in [-0.25, -0.2) is 0 Å². The molecule has 0 saturated carbocycles. The number of likely N-dealkylation sites (N-methyl/N-ethyl adjacent to an activating group) is 1. The van der Waals surface area contributed by atoms with Gasteiger partial charge in [-0.15, -0.1) is 0 Å². The molecule has 5 heteroatoms. The number of rotatable bonds is 5. The Labute approximate surface area is 107 Å². The molecule has 0 heterocycles. The van der Waals surface area contributed by atoms with Gasteiger partial charge in [0.15, 0.2) is 0 Å². The van der Waals surface area contributed by atoms with E-state index in [4.69, 9.17) is 0 Å². The molecule has 0 unspecified atom stereocenters. The first-order valence-corrected chi connectivity index (χ1v) is 5.87. The van der Waals surface area contributed by atoms with Crippen molar-refractivity contribution in [3.8, 4) is 0 Å². The van der Waals surface area contributed by atoms with Crippen molar-refractivity contribution >= 4 is 17.5 Å². The highest BCUT2D eigenvalue weighted by molar-refractivity contribution is 6.01. The van der Waals surface area contributed by atoms with Crippen LogP contribution < -0.4 is 10.6 Å². The molecular formula is C13H19N3O2. The second-order valence-electron chi connectivity index (χ2n) is 4.05. The van der Waals surface area contributed by atoms with E-state index in [-0.39, 0.29) is 18.4 Å². The lowest BCUT2D eigenvalue weighted by Crippen LogP contribution is -2.36. The average Bonchev–Trinajstić information content (AvgIpc) is 2.36. The maximum atomic E-state index is 11.9. The van der Waals surface area contributed by atoms with E-state index in [1.165, 1.54) is 4.90 Å². The number of para-hydroxylation sites is 1. The van der Waals surface area contributed by atoms with Gasteiger partial charge in [-0.05, 0) is 19.1 Å². The van der Waals surface area contributed by atoms with E-state index in [1.54, 1.807) is 26.2 Å². The fourth-order valence-electron chi connectivity index (χ4n) is 1.43. The van der Waals surface area contributed by atoms with Gasteiger partial charge in [-0.3, -0.25) is 9.59 Å². The smallest absolute Gasteiger partial charge is 0.253 e. The molecule has 2 N–H and O–H groups in total. The number of nitrogens with one attached hydrogen (secondary N) is 2.